The van der Waals surface area contributed by atoms with Crippen molar-refractivity contribution in [1.29, 1.82) is 0 Å². The first-order chi connectivity index (χ1) is 10.1. The lowest BCUT2D eigenvalue weighted by Gasteiger charge is -2.36. The summed E-state index contributed by atoms with van der Waals surface area (Å²) in [6.07, 6.45) is 6.12. The number of nitrogens with zero attached hydrogens (tertiary/aromatic N) is 2. The van der Waals surface area contributed by atoms with E-state index in [4.69, 9.17) is 5.11 Å². The fraction of sp³-hybridized carbons (Fsp3) is 0.692. The summed E-state index contributed by atoms with van der Waals surface area (Å²) in [6, 6.07) is -0.352. The molecule has 2 rings (SSSR count). The number of aliphatic carboxylic acids is 1. The van der Waals surface area contributed by atoms with E-state index in [9.17, 15) is 9.59 Å². The number of rotatable bonds is 6. The normalized spacial score (nSPS) is 17.1. The van der Waals surface area contributed by atoms with Crippen LogP contribution in [-0.2, 0) is 11.3 Å². The van der Waals surface area contributed by atoms with Crippen LogP contribution in [-0.4, -0.2) is 33.8 Å². The van der Waals surface area contributed by atoms with Gasteiger partial charge >= 0.3 is 12.0 Å². The van der Waals surface area contributed by atoms with E-state index in [1.54, 1.807) is 0 Å². The van der Waals surface area contributed by atoms with Crippen LogP contribution < -0.4 is 10.6 Å². The summed E-state index contributed by atoms with van der Waals surface area (Å²) in [5.74, 6) is -0.422. The van der Waals surface area contributed by atoms with Crippen LogP contribution in [0.5, 0.6) is 0 Å². The minimum absolute atomic E-state index is 0.0954. The van der Waals surface area contributed by atoms with Crippen LogP contribution >= 0.6 is 0 Å². The molecule has 0 atom stereocenters. The van der Waals surface area contributed by atoms with E-state index in [0.717, 1.165) is 32.1 Å². The predicted molar refractivity (Wildman–Crippen MR) is 72.3 cm³/mol. The van der Waals surface area contributed by atoms with Crippen LogP contribution in [0.3, 0.4) is 0 Å². The minimum Gasteiger partial charge on any atom is -0.481 e. The first-order valence-corrected chi connectivity index (χ1v) is 7.08. The molecule has 0 aliphatic heterocycles. The van der Waals surface area contributed by atoms with Crippen molar-refractivity contribution in [3.63, 3.8) is 0 Å². The second kappa shape index (κ2) is 7.05. The molecule has 0 aromatic carbocycles. The van der Waals surface area contributed by atoms with Crippen LogP contribution in [0.1, 0.15) is 44.3 Å². The highest BCUT2D eigenvalue weighted by Crippen LogP contribution is 2.38. The van der Waals surface area contributed by atoms with Gasteiger partial charge in [-0.1, -0.05) is 24.4 Å². The molecule has 0 unspecified atom stereocenters. The Hall–Kier alpha value is -2.12. The maximum atomic E-state index is 11.8. The van der Waals surface area contributed by atoms with Crippen LogP contribution in [0, 0.1) is 5.41 Å². The molecule has 1 aliphatic carbocycles. The van der Waals surface area contributed by atoms with E-state index in [1.807, 2.05) is 0 Å². The fourth-order valence-electron chi connectivity index (χ4n) is 2.80. The zero-order valence-corrected chi connectivity index (χ0v) is 11.8. The van der Waals surface area contributed by atoms with Gasteiger partial charge in [-0.05, 0) is 18.3 Å². The fourth-order valence-corrected chi connectivity index (χ4v) is 2.80. The van der Waals surface area contributed by atoms with Gasteiger partial charge in [-0.25, -0.2) is 4.79 Å². The third kappa shape index (κ3) is 4.73. The Kier molecular flexibility index (Phi) is 5.13. The third-order valence-corrected chi connectivity index (χ3v) is 3.88. The lowest BCUT2D eigenvalue weighted by atomic mass is 9.72. The summed E-state index contributed by atoms with van der Waals surface area (Å²) in [7, 11) is 0. The molecule has 1 fully saturated rings. The van der Waals surface area contributed by atoms with E-state index in [-0.39, 0.29) is 24.4 Å². The second-order valence-corrected chi connectivity index (χ2v) is 5.51. The van der Waals surface area contributed by atoms with Crippen molar-refractivity contribution >= 4 is 12.0 Å². The number of hydrogen-bond donors (Lipinski definition) is 3. The first-order valence-electron chi connectivity index (χ1n) is 7.08. The number of carboxylic acids is 1. The van der Waals surface area contributed by atoms with Gasteiger partial charge in [0, 0.05) is 6.54 Å². The zero-order chi connectivity index (χ0) is 15.1. The molecule has 8 heteroatoms. The topological polar surface area (TPSA) is 117 Å². The van der Waals surface area contributed by atoms with Crippen molar-refractivity contribution in [3.8, 4) is 0 Å². The van der Waals surface area contributed by atoms with Gasteiger partial charge in [0.05, 0.1) is 13.0 Å². The van der Waals surface area contributed by atoms with Crippen LogP contribution in [0.25, 0.3) is 0 Å². The standard InChI is InChI=1S/C13H20N4O4/c18-11(19)6-13(4-2-1-3-5-13)8-15-12(20)14-7-10-16-9-21-17-10/h9H,1-8H2,(H,18,19)(H2,14,15,20). The molecular formula is C13H20N4O4. The number of carbonyl (C=O) groups excluding carboxylic acids is 1. The lowest BCUT2D eigenvalue weighted by Crippen LogP contribution is -2.44. The Morgan fingerprint density at radius 2 is 2.05 bits per heavy atom. The van der Waals surface area contributed by atoms with Crippen molar-refractivity contribution in [2.45, 2.75) is 45.1 Å². The maximum absolute atomic E-state index is 11.8. The quantitative estimate of drug-likeness (QED) is 0.728. The predicted octanol–water partition coefficient (Wildman–Crippen LogP) is 1.29. The van der Waals surface area contributed by atoms with Crippen molar-refractivity contribution in [3.05, 3.63) is 12.2 Å². The van der Waals surface area contributed by atoms with Gasteiger partial charge < -0.3 is 20.3 Å². The Bertz CT molecular complexity index is 469. The number of amides is 2. The Labute approximate surface area is 122 Å². The summed E-state index contributed by atoms with van der Waals surface area (Å²) in [5.41, 5.74) is -0.326. The molecular weight excluding hydrogens is 276 g/mol. The summed E-state index contributed by atoms with van der Waals surface area (Å²) in [6.45, 7) is 0.547. The molecule has 1 aromatic heterocycles. The SMILES string of the molecule is O=C(O)CC1(CNC(=O)NCc2ncon2)CCCCC1. The Morgan fingerprint density at radius 3 is 2.67 bits per heavy atom. The molecule has 0 radical (unpaired) electrons. The van der Waals surface area contributed by atoms with E-state index in [2.05, 4.69) is 25.3 Å². The largest absolute Gasteiger partial charge is 0.481 e. The highest BCUT2D eigenvalue weighted by atomic mass is 16.5. The van der Waals surface area contributed by atoms with Gasteiger partial charge in [0.25, 0.3) is 0 Å². The summed E-state index contributed by atoms with van der Waals surface area (Å²) < 4.78 is 4.56. The Morgan fingerprint density at radius 1 is 1.29 bits per heavy atom. The molecule has 1 heterocycles. The molecule has 1 aromatic rings. The van der Waals surface area contributed by atoms with E-state index in [0.29, 0.717) is 12.4 Å². The number of carboxylic acid groups (broad SMARTS) is 1. The van der Waals surface area contributed by atoms with Gasteiger partial charge in [0.15, 0.2) is 5.82 Å². The summed E-state index contributed by atoms with van der Waals surface area (Å²) >= 11 is 0. The van der Waals surface area contributed by atoms with Gasteiger partial charge in [-0.3, -0.25) is 4.79 Å². The number of hydrogen-bond acceptors (Lipinski definition) is 5. The van der Waals surface area contributed by atoms with Gasteiger partial charge in [0.2, 0.25) is 6.39 Å². The average Bonchev–Trinajstić information content (AvgIpc) is 2.96. The van der Waals surface area contributed by atoms with Crippen LogP contribution in [0.4, 0.5) is 4.79 Å². The monoisotopic (exact) mass is 296 g/mol. The molecule has 3 N–H and O–H groups in total. The molecule has 0 saturated heterocycles. The second-order valence-electron chi connectivity index (χ2n) is 5.51. The van der Waals surface area contributed by atoms with Gasteiger partial charge in [-0.2, -0.15) is 4.98 Å². The van der Waals surface area contributed by atoms with Crippen molar-refractivity contribution in [2.24, 2.45) is 5.41 Å². The molecule has 0 spiro atoms. The van der Waals surface area contributed by atoms with E-state index in [1.165, 1.54) is 6.39 Å². The zero-order valence-electron chi connectivity index (χ0n) is 11.8. The number of carbonyl (C=O) groups is 2. The maximum Gasteiger partial charge on any atom is 0.315 e. The first kappa shape index (κ1) is 15.3. The smallest absolute Gasteiger partial charge is 0.315 e. The Balaban J connectivity index is 1.80. The highest BCUT2D eigenvalue weighted by Gasteiger charge is 2.34. The number of urea groups is 1. The molecule has 21 heavy (non-hydrogen) atoms. The van der Waals surface area contributed by atoms with Crippen LogP contribution in [0.2, 0.25) is 0 Å². The molecule has 116 valence electrons. The van der Waals surface area contributed by atoms with Crippen LogP contribution in [0.15, 0.2) is 10.9 Å². The molecule has 8 nitrogen and oxygen atoms in total. The lowest BCUT2D eigenvalue weighted by molar-refractivity contribution is -0.140. The number of nitrogens with one attached hydrogen (secondary N) is 2. The van der Waals surface area contributed by atoms with E-state index < -0.39 is 5.97 Å². The average molecular weight is 296 g/mol. The van der Waals surface area contributed by atoms with E-state index >= 15 is 0 Å². The van der Waals surface area contributed by atoms with Crippen molar-refractivity contribution < 1.29 is 19.2 Å². The third-order valence-electron chi connectivity index (χ3n) is 3.88. The summed E-state index contributed by atoms with van der Waals surface area (Å²) in [5, 5.41) is 18.0. The molecule has 1 aliphatic rings. The molecule has 0 bridgehead atoms. The van der Waals surface area contributed by atoms with Gasteiger partial charge in [0.1, 0.15) is 0 Å². The number of aromatic nitrogens is 2. The molecule has 2 amide bonds. The highest BCUT2D eigenvalue weighted by molar-refractivity contribution is 5.74. The van der Waals surface area contributed by atoms with Gasteiger partial charge in [-0.15, -0.1) is 0 Å². The molecule has 1 saturated carbocycles. The van der Waals surface area contributed by atoms with Crippen molar-refractivity contribution in [1.82, 2.24) is 20.8 Å². The minimum atomic E-state index is -0.814. The van der Waals surface area contributed by atoms with Crippen molar-refractivity contribution in [2.75, 3.05) is 6.54 Å². The summed E-state index contributed by atoms with van der Waals surface area (Å²) in [4.78, 5) is 26.6.